The lowest BCUT2D eigenvalue weighted by molar-refractivity contribution is 0.126. The molecule has 6 heteroatoms. The van der Waals surface area contributed by atoms with Gasteiger partial charge >= 0.3 is 0 Å². The second-order valence-electron chi connectivity index (χ2n) is 7.66. The Kier molecular flexibility index (Phi) is 5.77. The van der Waals surface area contributed by atoms with Crippen LogP contribution >= 0.6 is 0 Å². The number of hydrogen-bond donors (Lipinski definition) is 3. The summed E-state index contributed by atoms with van der Waals surface area (Å²) in [4.78, 5) is 8.89. The summed E-state index contributed by atoms with van der Waals surface area (Å²) in [7, 11) is 0. The number of rotatable bonds is 6. The molecule has 3 N–H and O–H groups in total. The molecule has 4 rings (SSSR count). The Labute approximate surface area is 170 Å². The van der Waals surface area contributed by atoms with Gasteiger partial charge in [0.25, 0.3) is 0 Å². The van der Waals surface area contributed by atoms with E-state index in [2.05, 4.69) is 32.6 Å². The first kappa shape index (κ1) is 19.4. The van der Waals surface area contributed by atoms with E-state index in [0.29, 0.717) is 23.9 Å². The highest BCUT2D eigenvalue weighted by Gasteiger charge is 2.20. The van der Waals surface area contributed by atoms with Gasteiger partial charge < -0.3 is 15.7 Å². The molecule has 0 unspecified atom stereocenters. The van der Waals surface area contributed by atoms with Crippen LogP contribution in [0.1, 0.15) is 48.8 Å². The van der Waals surface area contributed by atoms with E-state index in [0.717, 1.165) is 49.7 Å². The Balaban J connectivity index is 1.37. The van der Waals surface area contributed by atoms with Crippen molar-refractivity contribution in [3.63, 3.8) is 0 Å². The minimum Gasteiger partial charge on any atom is -0.393 e. The second-order valence-corrected chi connectivity index (χ2v) is 7.66. The van der Waals surface area contributed by atoms with Crippen LogP contribution in [0.2, 0.25) is 0 Å². The lowest BCUT2D eigenvalue weighted by Crippen LogP contribution is -2.29. The molecule has 0 atom stereocenters. The van der Waals surface area contributed by atoms with E-state index in [9.17, 15) is 9.50 Å². The van der Waals surface area contributed by atoms with Gasteiger partial charge in [0.05, 0.1) is 17.9 Å². The maximum Gasteiger partial charge on any atom is 0.224 e. The number of halogens is 1. The third kappa shape index (κ3) is 4.57. The van der Waals surface area contributed by atoms with Crippen LogP contribution in [-0.4, -0.2) is 33.8 Å². The number of hydrogen-bond acceptors (Lipinski definition) is 5. The molecule has 2 aliphatic rings. The zero-order valence-corrected chi connectivity index (χ0v) is 16.3. The first-order valence-electron chi connectivity index (χ1n) is 10.1. The minimum absolute atomic E-state index is 0.189. The number of terminal acetylenes is 1. The van der Waals surface area contributed by atoms with Crippen LogP contribution in [0.3, 0.4) is 0 Å². The molecule has 1 aromatic carbocycles. The number of nitrogens with zero attached hydrogens (tertiary/aromatic N) is 2. The van der Waals surface area contributed by atoms with Crippen LogP contribution in [0.25, 0.3) is 5.57 Å². The molecule has 1 fully saturated rings. The summed E-state index contributed by atoms with van der Waals surface area (Å²) in [5, 5.41) is 16.4. The molecule has 150 valence electrons. The molecule has 1 aromatic heterocycles. The highest BCUT2D eigenvalue weighted by Crippen LogP contribution is 2.30. The standard InChI is InChI=1S/C23H25FN4O/c1-2-15-14-26-23(28-22(15)27-19-6-8-20(29)9-7-19)25-12-11-16-3-4-17-13-18(24)5-10-21(16)17/h1,3,5,10,13-14,19-20,29H,4,6-9,11-12H2,(H2,25,26,27,28). The van der Waals surface area contributed by atoms with Gasteiger partial charge in [0.1, 0.15) is 11.6 Å². The van der Waals surface area contributed by atoms with Crippen molar-refractivity contribution in [2.24, 2.45) is 0 Å². The van der Waals surface area contributed by atoms with Crippen molar-refractivity contribution in [2.45, 2.75) is 50.7 Å². The molecule has 0 bridgehead atoms. The summed E-state index contributed by atoms with van der Waals surface area (Å²) in [5.41, 5.74) is 4.01. The van der Waals surface area contributed by atoms with Gasteiger partial charge in [-0.25, -0.2) is 9.37 Å². The van der Waals surface area contributed by atoms with Gasteiger partial charge in [-0.3, -0.25) is 0 Å². The molecule has 1 heterocycles. The molecule has 2 aliphatic carbocycles. The Morgan fingerprint density at radius 1 is 1.24 bits per heavy atom. The monoisotopic (exact) mass is 392 g/mol. The van der Waals surface area contributed by atoms with E-state index >= 15 is 0 Å². The zero-order chi connectivity index (χ0) is 20.2. The van der Waals surface area contributed by atoms with Crippen LogP contribution in [0.4, 0.5) is 16.2 Å². The summed E-state index contributed by atoms with van der Waals surface area (Å²) >= 11 is 0. The topological polar surface area (TPSA) is 70.1 Å². The van der Waals surface area contributed by atoms with E-state index in [1.54, 1.807) is 12.3 Å². The van der Waals surface area contributed by atoms with Gasteiger partial charge in [-0.1, -0.05) is 18.1 Å². The van der Waals surface area contributed by atoms with Crippen molar-refractivity contribution in [1.82, 2.24) is 9.97 Å². The molecule has 5 nitrogen and oxygen atoms in total. The molecular formula is C23H25FN4O. The Bertz CT molecular complexity index is 958. The maximum atomic E-state index is 13.4. The number of fused-ring (bicyclic) bond motifs is 1. The molecule has 29 heavy (non-hydrogen) atoms. The lowest BCUT2D eigenvalue weighted by atomic mass is 9.93. The first-order chi connectivity index (χ1) is 14.1. The highest BCUT2D eigenvalue weighted by molar-refractivity contribution is 5.73. The predicted octanol–water partition coefficient (Wildman–Crippen LogP) is 3.75. The largest absolute Gasteiger partial charge is 0.393 e. The molecule has 0 radical (unpaired) electrons. The zero-order valence-electron chi connectivity index (χ0n) is 16.3. The fraction of sp³-hybridized carbons (Fsp3) is 0.391. The summed E-state index contributed by atoms with van der Waals surface area (Å²) in [6, 6.07) is 5.23. The Morgan fingerprint density at radius 2 is 2.07 bits per heavy atom. The molecule has 0 aliphatic heterocycles. The summed E-state index contributed by atoms with van der Waals surface area (Å²) in [6.45, 7) is 0.674. The molecule has 0 spiro atoms. The normalized spacial score (nSPS) is 20.5. The van der Waals surface area contributed by atoms with Gasteiger partial charge in [0.15, 0.2) is 0 Å². The smallest absolute Gasteiger partial charge is 0.224 e. The van der Waals surface area contributed by atoms with Crippen LogP contribution in [0.5, 0.6) is 0 Å². The molecule has 1 saturated carbocycles. The van der Waals surface area contributed by atoms with E-state index in [-0.39, 0.29) is 18.0 Å². The van der Waals surface area contributed by atoms with Crippen LogP contribution < -0.4 is 10.6 Å². The van der Waals surface area contributed by atoms with Crippen molar-refractivity contribution in [2.75, 3.05) is 17.2 Å². The average Bonchev–Trinajstić information content (AvgIpc) is 3.12. The van der Waals surface area contributed by atoms with Crippen LogP contribution in [0, 0.1) is 18.2 Å². The number of anilines is 2. The summed E-state index contributed by atoms with van der Waals surface area (Å²) in [5.74, 6) is 3.63. The van der Waals surface area contributed by atoms with Crippen LogP contribution in [0.15, 0.2) is 30.5 Å². The van der Waals surface area contributed by atoms with E-state index < -0.39 is 0 Å². The first-order valence-corrected chi connectivity index (χ1v) is 10.1. The highest BCUT2D eigenvalue weighted by atomic mass is 19.1. The van der Waals surface area contributed by atoms with Gasteiger partial charge in [-0.15, -0.1) is 6.42 Å². The second kappa shape index (κ2) is 8.62. The minimum atomic E-state index is -0.200. The number of aromatic nitrogens is 2. The molecule has 2 aromatic rings. The molecular weight excluding hydrogens is 367 g/mol. The SMILES string of the molecule is C#Cc1cnc(NCCC2=CCc3cc(F)ccc32)nc1NC1CCC(O)CC1. The van der Waals surface area contributed by atoms with Gasteiger partial charge in [-0.2, -0.15) is 4.98 Å². The van der Waals surface area contributed by atoms with Crippen molar-refractivity contribution in [1.29, 1.82) is 0 Å². The number of nitrogens with one attached hydrogen (secondary N) is 2. The molecule has 0 saturated heterocycles. The number of benzene rings is 1. The number of aliphatic hydroxyl groups excluding tert-OH is 1. The number of allylic oxidation sites excluding steroid dienone is 1. The fourth-order valence-corrected chi connectivity index (χ4v) is 4.03. The van der Waals surface area contributed by atoms with Gasteiger partial charge in [0.2, 0.25) is 5.95 Å². The van der Waals surface area contributed by atoms with E-state index in [1.165, 1.54) is 11.6 Å². The van der Waals surface area contributed by atoms with Crippen molar-refractivity contribution >= 4 is 17.3 Å². The number of aliphatic hydroxyl groups is 1. The Morgan fingerprint density at radius 3 is 2.86 bits per heavy atom. The van der Waals surface area contributed by atoms with Gasteiger partial charge in [-0.05, 0) is 67.4 Å². The molecule has 0 amide bonds. The van der Waals surface area contributed by atoms with Crippen molar-refractivity contribution < 1.29 is 9.50 Å². The van der Waals surface area contributed by atoms with E-state index in [4.69, 9.17) is 6.42 Å². The van der Waals surface area contributed by atoms with Crippen LogP contribution in [-0.2, 0) is 6.42 Å². The quantitative estimate of drug-likeness (QED) is 0.653. The Hall–Kier alpha value is -2.91. The predicted molar refractivity (Wildman–Crippen MR) is 113 cm³/mol. The fourth-order valence-electron chi connectivity index (χ4n) is 4.03. The third-order valence-electron chi connectivity index (χ3n) is 5.64. The van der Waals surface area contributed by atoms with Gasteiger partial charge in [0, 0.05) is 12.6 Å². The maximum absolute atomic E-state index is 13.4. The third-order valence-corrected chi connectivity index (χ3v) is 5.64. The van der Waals surface area contributed by atoms with Crippen molar-refractivity contribution in [3.05, 3.63) is 53.0 Å². The van der Waals surface area contributed by atoms with E-state index in [1.807, 2.05) is 6.07 Å². The van der Waals surface area contributed by atoms with Crippen molar-refractivity contribution in [3.8, 4) is 12.3 Å². The lowest BCUT2D eigenvalue weighted by Gasteiger charge is -2.27. The summed E-state index contributed by atoms with van der Waals surface area (Å²) < 4.78 is 13.4. The average molecular weight is 392 g/mol. The summed E-state index contributed by atoms with van der Waals surface area (Å²) in [6.07, 6.45) is 14.2.